The van der Waals surface area contributed by atoms with Crippen LogP contribution >= 0.6 is 0 Å². The van der Waals surface area contributed by atoms with Crippen LogP contribution in [0.4, 0.5) is 0 Å². The van der Waals surface area contributed by atoms with Gasteiger partial charge in [0.05, 0.1) is 13.2 Å². The van der Waals surface area contributed by atoms with Gasteiger partial charge in [-0.05, 0) is 13.8 Å². The Kier molecular flexibility index (Phi) is 7.66. The van der Waals surface area contributed by atoms with Crippen molar-refractivity contribution in [2.45, 2.75) is 24.9 Å². The molecule has 0 spiro atoms. The highest BCUT2D eigenvalue weighted by molar-refractivity contribution is 5.90. The van der Waals surface area contributed by atoms with Gasteiger partial charge in [0.15, 0.2) is 0 Å². The maximum absolute atomic E-state index is 11.8. The van der Waals surface area contributed by atoms with Gasteiger partial charge in [0.2, 0.25) is 11.1 Å². The van der Waals surface area contributed by atoms with E-state index < -0.39 is 22.9 Å². The first-order chi connectivity index (χ1) is 10.3. The van der Waals surface area contributed by atoms with Gasteiger partial charge in [-0.2, -0.15) is 20.8 Å². The monoisotopic (exact) mass is 310 g/mol. The van der Waals surface area contributed by atoms with Crippen LogP contribution in [-0.4, -0.2) is 59.4 Å². The highest BCUT2D eigenvalue weighted by atomic mass is 16.3. The van der Waals surface area contributed by atoms with Gasteiger partial charge in [0.25, 0.3) is 11.8 Å². The first-order valence-corrected chi connectivity index (χ1v) is 6.34. The molecule has 4 N–H and O–H groups in total. The van der Waals surface area contributed by atoms with E-state index >= 15 is 0 Å². The van der Waals surface area contributed by atoms with Crippen molar-refractivity contribution in [3.63, 3.8) is 0 Å². The summed E-state index contributed by atoms with van der Waals surface area (Å²) in [5.74, 6) is -1.63. The van der Waals surface area contributed by atoms with Crippen LogP contribution in [0.2, 0.25) is 0 Å². The molecule has 2 amide bonds. The molecule has 0 aliphatic carbocycles. The molecule has 0 bridgehead atoms. The van der Waals surface area contributed by atoms with Gasteiger partial charge in [-0.3, -0.25) is 9.59 Å². The van der Waals surface area contributed by atoms with Gasteiger partial charge < -0.3 is 20.8 Å². The van der Waals surface area contributed by atoms with E-state index in [0.717, 1.165) is 13.8 Å². The number of aliphatic hydroxyl groups is 2. The summed E-state index contributed by atoms with van der Waals surface area (Å²) in [5, 5.41) is 47.0. The number of carbonyl (C=O) groups excluding carboxylic acids is 2. The van der Waals surface area contributed by atoms with Gasteiger partial charge >= 0.3 is 0 Å². The Morgan fingerprint density at radius 2 is 1.27 bits per heavy atom. The molecule has 10 heteroatoms. The lowest BCUT2D eigenvalue weighted by atomic mass is 10.0. The zero-order valence-corrected chi connectivity index (χ0v) is 12.3. The fraction of sp³-hybridized carbons (Fsp3) is 0.667. The van der Waals surface area contributed by atoms with E-state index in [4.69, 9.17) is 20.7 Å². The van der Waals surface area contributed by atoms with Crippen molar-refractivity contribution >= 4 is 11.8 Å². The molecule has 2 unspecified atom stereocenters. The van der Waals surface area contributed by atoms with Crippen LogP contribution in [0.25, 0.3) is 0 Å². The number of nitriles is 2. The Balaban J connectivity index is 5.23. The summed E-state index contributed by atoms with van der Waals surface area (Å²) in [6, 6.07) is 3.26. The SMILES string of the molecule is CC(C#N)(N=NC(C)(C#N)C(=O)NCCO)C(=O)NCCO. The third kappa shape index (κ3) is 5.09. The van der Waals surface area contributed by atoms with Gasteiger partial charge in [-0.25, -0.2) is 0 Å². The van der Waals surface area contributed by atoms with E-state index in [9.17, 15) is 9.59 Å². The van der Waals surface area contributed by atoms with E-state index in [1.165, 1.54) is 0 Å². The van der Waals surface area contributed by atoms with Crippen LogP contribution in [-0.2, 0) is 9.59 Å². The van der Waals surface area contributed by atoms with E-state index in [-0.39, 0.29) is 26.3 Å². The quantitative estimate of drug-likeness (QED) is 0.386. The number of nitrogens with zero attached hydrogens (tertiary/aromatic N) is 4. The number of hydrogen-bond acceptors (Lipinski definition) is 8. The largest absolute Gasteiger partial charge is 0.395 e. The van der Waals surface area contributed by atoms with E-state index in [0.29, 0.717) is 0 Å². The van der Waals surface area contributed by atoms with Crippen molar-refractivity contribution < 1.29 is 19.8 Å². The number of rotatable bonds is 8. The highest BCUT2D eigenvalue weighted by Gasteiger charge is 2.38. The van der Waals surface area contributed by atoms with Crippen molar-refractivity contribution in [1.82, 2.24) is 10.6 Å². The Labute approximate surface area is 127 Å². The van der Waals surface area contributed by atoms with Crippen molar-refractivity contribution in [3.8, 4) is 12.1 Å². The summed E-state index contributed by atoms with van der Waals surface area (Å²) in [5.41, 5.74) is -3.88. The number of carbonyl (C=O) groups is 2. The van der Waals surface area contributed by atoms with Crippen LogP contribution in [0.1, 0.15) is 13.8 Å². The summed E-state index contributed by atoms with van der Waals surface area (Å²) in [7, 11) is 0. The van der Waals surface area contributed by atoms with Crippen LogP contribution < -0.4 is 10.6 Å². The molecule has 0 radical (unpaired) electrons. The molecule has 0 aliphatic heterocycles. The van der Waals surface area contributed by atoms with Crippen LogP contribution in [0.5, 0.6) is 0 Å². The molecule has 0 aromatic rings. The minimum atomic E-state index is -1.94. The average molecular weight is 310 g/mol. The third-order valence-electron chi connectivity index (χ3n) is 2.56. The first kappa shape index (κ1) is 19.4. The van der Waals surface area contributed by atoms with Gasteiger partial charge in [0.1, 0.15) is 12.1 Å². The highest BCUT2D eigenvalue weighted by Crippen LogP contribution is 2.16. The third-order valence-corrected chi connectivity index (χ3v) is 2.56. The predicted octanol–water partition coefficient (Wildman–Crippen LogP) is -1.78. The summed E-state index contributed by atoms with van der Waals surface area (Å²) in [6.07, 6.45) is 0. The fourth-order valence-corrected chi connectivity index (χ4v) is 1.12. The first-order valence-electron chi connectivity index (χ1n) is 6.34. The number of aliphatic hydroxyl groups excluding tert-OH is 2. The summed E-state index contributed by atoms with van der Waals surface area (Å²) in [6.45, 7) is 1.54. The molecule has 0 aromatic heterocycles. The summed E-state index contributed by atoms with van der Waals surface area (Å²) >= 11 is 0. The smallest absolute Gasteiger partial charge is 0.264 e. The lowest BCUT2D eigenvalue weighted by molar-refractivity contribution is -0.126. The molecule has 10 nitrogen and oxygen atoms in total. The van der Waals surface area contributed by atoms with Gasteiger partial charge in [-0.1, -0.05) is 0 Å². The number of azo groups is 1. The molecule has 0 aliphatic rings. The number of hydrogen-bond donors (Lipinski definition) is 4. The molecule has 0 saturated carbocycles. The Morgan fingerprint density at radius 3 is 1.50 bits per heavy atom. The lowest BCUT2D eigenvalue weighted by Crippen LogP contribution is -2.45. The second kappa shape index (κ2) is 8.67. The average Bonchev–Trinajstić information content (AvgIpc) is 2.54. The maximum Gasteiger partial charge on any atom is 0.264 e. The van der Waals surface area contributed by atoms with Gasteiger partial charge in [-0.15, -0.1) is 0 Å². The molecule has 120 valence electrons. The molecule has 0 saturated heterocycles. The van der Waals surface area contributed by atoms with Crippen molar-refractivity contribution in [3.05, 3.63) is 0 Å². The van der Waals surface area contributed by atoms with Crippen molar-refractivity contribution in [2.24, 2.45) is 10.2 Å². The Bertz CT molecular complexity index is 477. The zero-order valence-electron chi connectivity index (χ0n) is 12.3. The van der Waals surface area contributed by atoms with E-state index in [2.05, 4.69) is 20.9 Å². The fourth-order valence-electron chi connectivity index (χ4n) is 1.12. The number of amides is 2. The molecule has 0 fully saturated rings. The Hall–Kier alpha value is -2.56. The van der Waals surface area contributed by atoms with E-state index in [1.54, 1.807) is 12.1 Å². The van der Waals surface area contributed by atoms with Crippen LogP contribution in [0.3, 0.4) is 0 Å². The molecule has 0 heterocycles. The molecule has 0 rings (SSSR count). The minimum Gasteiger partial charge on any atom is -0.395 e. The van der Waals surface area contributed by atoms with Crippen LogP contribution in [0.15, 0.2) is 10.2 Å². The zero-order chi connectivity index (χ0) is 17.2. The van der Waals surface area contributed by atoms with Crippen LogP contribution in [0, 0.1) is 22.7 Å². The molecular formula is C12H18N6O4. The van der Waals surface area contributed by atoms with Crippen molar-refractivity contribution in [1.29, 1.82) is 10.5 Å². The molecular weight excluding hydrogens is 292 g/mol. The second-order valence-electron chi connectivity index (χ2n) is 4.53. The predicted molar refractivity (Wildman–Crippen MR) is 73.1 cm³/mol. The minimum absolute atomic E-state index is 0.0713. The van der Waals surface area contributed by atoms with Gasteiger partial charge in [0, 0.05) is 13.1 Å². The molecule has 0 aromatic carbocycles. The topological polar surface area (TPSA) is 171 Å². The Morgan fingerprint density at radius 1 is 0.955 bits per heavy atom. The van der Waals surface area contributed by atoms with Crippen molar-refractivity contribution in [2.75, 3.05) is 26.3 Å². The standard InChI is InChI=1S/C12H18N6O4/c1-11(7-13,9(21)15-3-5-19)17-18-12(2,8-14)10(22)16-4-6-20/h19-20H,3-6H2,1-2H3,(H,15,21)(H,16,22). The summed E-state index contributed by atoms with van der Waals surface area (Å²) in [4.78, 5) is 23.6. The second-order valence-corrected chi connectivity index (χ2v) is 4.53. The van der Waals surface area contributed by atoms with E-state index in [1.807, 2.05) is 0 Å². The summed E-state index contributed by atoms with van der Waals surface area (Å²) < 4.78 is 0. The normalized spacial score (nSPS) is 15.9. The number of nitrogens with one attached hydrogen (secondary N) is 2. The molecule has 2 atom stereocenters. The maximum atomic E-state index is 11.8. The molecule has 22 heavy (non-hydrogen) atoms. The lowest BCUT2D eigenvalue weighted by Gasteiger charge is -2.18.